The smallest absolute Gasteiger partial charge is 0.258 e. The first kappa shape index (κ1) is 20.1. The van der Waals surface area contributed by atoms with Gasteiger partial charge in [-0.25, -0.2) is 0 Å². The Kier molecular flexibility index (Phi) is 7.45. The Labute approximate surface area is 160 Å². The highest BCUT2D eigenvalue weighted by Gasteiger charge is 2.03. The summed E-state index contributed by atoms with van der Waals surface area (Å²) in [7, 11) is 0. The zero-order valence-electron chi connectivity index (χ0n) is 15.8. The highest BCUT2D eigenvalue weighted by Crippen LogP contribution is 2.18. The Balaban J connectivity index is 1.73. The first-order chi connectivity index (χ1) is 12.9. The average molecular weight is 364 g/mol. The van der Waals surface area contributed by atoms with E-state index >= 15 is 0 Å². The molecule has 140 valence electrons. The fraction of sp³-hybridized carbons (Fsp3) is 0.273. The lowest BCUT2D eigenvalue weighted by atomic mass is 10.0. The van der Waals surface area contributed by atoms with Crippen LogP contribution in [0.2, 0.25) is 0 Å². The monoisotopic (exact) mass is 364 g/mol. The molecule has 0 fully saturated rings. The van der Waals surface area contributed by atoms with Crippen LogP contribution in [0, 0.1) is 11.8 Å². The number of hydrogen-bond acceptors (Lipinski definition) is 3. The van der Waals surface area contributed by atoms with Crippen LogP contribution in [-0.2, 0) is 9.59 Å². The Morgan fingerprint density at radius 3 is 2.30 bits per heavy atom. The van der Waals surface area contributed by atoms with E-state index in [-0.39, 0.29) is 25.0 Å². The van der Waals surface area contributed by atoms with E-state index in [2.05, 4.69) is 36.3 Å². The molecule has 0 aliphatic carbocycles. The molecule has 0 aliphatic rings. The highest BCUT2D eigenvalue weighted by molar-refractivity contribution is 5.88. The number of carbonyl (C=O) groups excluding carboxylic acids is 2. The lowest BCUT2D eigenvalue weighted by Crippen LogP contribution is -2.29. The topological polar surface area (TPSA) is 67.4 Å². The third-order valence-electron chi connectivity index (χ3n) is 3.73. The van der Waals surface area contributed by atoms with Crippen LogP contribution in [0.5, 0.6) is 5.75 Å². The van der Waals surface area contributed by atoms with Crippen LogP contribution in [0.25, 0.3) is 0 Å². The number of ether oxygens (including phenoxy) is 1. The molecule has 2 aromatic rings. The largest absolute Gasteiger partial charge is 0.484 e. The van der Waals surface area contributed by atoms with Crippen molar-refractivity contribution in [3.8, 4) is 17.6 Å². The van der Waals surface area contributed by atoms with E-state index in [1.54, 1.807) is 12.1 Å². The lowest BCUT2D eigenvalue weighted by Gasteiger charge is -2.08. The fourth-order valence-corrected chi connectivity index (χ4v) is 2.28. The van der Waals surface area contributed by atoms with Crippen LogP contribution in [0.15, 0.2) is 48.5 Å². The van der Waals surface area contributed by atoms with Crippen LogP contribution < -0.4 is 15.4 Å². The molecule has 2 N–H and O–H groups in total. The van der Waals surface area contributed by atoms with Gasteiger partial charge in [-0.15, -0.1) is 0 Å². The van der Waals surface area contributed by atoms with Crippen molar-refractivity contribution in [1.29, 1.82) is 0 Å². The molecular formula is C22H24N2O3. The van der Waals surface area contributed by atoms with Crippen molar-refractivity contribution >= 4 is 17.5 Å². The Morgan fingerprint density at radius 2 is 1.70 bits per heavy atom. The minimum Gasteiger partial charge on any atom is -0.484 e. The van der Waals surface area contributed by atoms with Gasteiger partial charge in [-0.3, -0.25) is 9.59 Å². The zero-order chi connectivity index (χ0) is 19.6. The van der Waals surface area contributed by atoms with E-state index in [0.29, 0.717) is 11.7 Å². The van der Waals surface area contributed by atoms with Crippen molar-refractivity contribution in [3.63, 3.8) is 0 Å². The number of hydrogen-bond donors (Lipinski definition) is 2. The number of carbonyl (C=O) groups is 2. The molecule has 0 bridgehead atoms. The Morgan fingerprint density at radius 1 is 1.04 bits per heavy atom. The van der Waals surface area contributed by atoms with Gasteiger partial charge in [0.1, 0.15) is 5.75 Å². The fourth-order valence-electron chi connectivity index (χ4n) is 2.28. The lowest BCUT2D eigenvalue weighted by molar-refractivity contribution is -0.122. The molecule has 0 spiro atoms. The van der Waals surface area contributed by atoms with Gasteiger partial charge in [-0.2, -0.15) is 0 Å². The molecule has 0 aliphatic heterocycles. The second-order valence-electron chi connectivity index (χ2n) is 6.35. The van der Waals surface area contributed by atoms with Gasteiger partial charge in [-0.1, -0.05) is 37.8 Å². The molecule has 0 atom stereocenters. The van der Waals surface area contributed by atoms with E-state index in [9.17, 15) is 9.59 Å². The molecule has 2 amide bonds. The Bertz CT molecular complexity index is 829. The highest BCUT2D eigenvalue weighted by atomic mass is 16.5. The molecule has 0 aromatic heterocycles. The summed E-state index contributed by atoms with van der Waals surface area (Å²) in [5.41, 5.74) is 2.76. The number of nitrogens with one attached hydrogen (secondary N) is 2. The first-order valence-electron chi connectivity index (χ1n) is 8.80. The number of amides is 2. The number of rotatable bonds is 6. The van der Waals surface area contributed by atoms with Crippen LogP contribution in [0.4, 0.5) is 5.69 Å². The molecule has 2 rings (SSSR count). The molecule has 27 heavy (non-hydrogen) atoms. The summed E-state index contributed by atoms with van der Waals surface area (Å²) < 4.78 is 5.47. The predicted molar refractivity (Wildman–Crippen MR) is 107 cm³/mol. The van der Waals surface area contributed by atoms with E-state index in [1.165, 1.54) is 12.5 Å². The van der Waals surface area contributed by atoms with Crippen LogP contribution >= 0.6 is 0 Å². The van der Waals surface area contributed by atoms with E-state index in [0.717, 1.165) is 11.3 Å². The van der Waals surface area contributed by atoms with Crippen molar-refractivity contribution in [1.82, 2.24) is 5.32 Å². The van der Waals surface area contributed by atoms with Crippen molar-refractivity contribution < 1.29 is 14.3 Å². The summed E-state index contributed by atoms with van der Waals surface area (Å²) in [6.45, 7) is 5.90. The van der Waals surface area contributed by atoms with Gasteiger partial charge in [0.05, 0.1) is 6.54 Å². The summed E-state index contributed by atoms with van der Waals surface area (Å²) in [5, 5.41) is 5.39. The molecule has 0 saturated carbocycles. The summed E-state index contributed by atoms with van der Waals surface area (Å²) in [5.74, 6) is 6.63. The van der Waals surface area contributed by atoms with Crippen LogP contribution in [0.3, 0.4) is 0 Å². The van der Waals surface area contributed by atoms with E-state index in [4.69, 9.17) is 4.74 Å². The Hall–Kier alpha value is -3.26. The van der Waals surface area contributed by atoms with E-state index < -0.39 is 0 Å². The summed E-state index contributed by atoms with van der Waals surface area (Å²) in [6, 6.07) is 14.9. The third-order valence-corrected chi connectivity index (χ3v) is 3.73. The summed E-state index contributed by atoms with van der Waals surface area (Å²) >= 11 is 0. The van der Waals surface area contributed by atoms with Crippen molar-refractivity contribution in [2.45, 2.75) is 26.7 Å². The predicted octanol–water partition coefficient (Wildman–Crippen LogP) is 3.32. The van der Waals surface area contributed by atoms with Crippen LogP contribution in [-0.4, -0.2) is 25.0 Å². The summed E-state index contributed by atoms with van der Waals surface area (Å²) in [4.78, 5) is 22.8. The standard InChI is InChI=1S/C22H24N2O3/c1-16(2)19-8-12-21(13-9-19)27-15-22(26)23-14-4-5-18-6-10-20(11-7-18)24-17(3)25/h6-13,16H,14-15H2,1-3H3,(H,23,26)(H,24,25). The van der Waals surface area contributed by atoms with E-state index in [1.807, 2.05) is 36.4 Å². The molecule has 2 aromatic carbocycles. The first-order valence-corrected chi connectivity index (χ1v) is 8.80. The van der Waals surface area contributed by atoms with Gasteiger partial charge in [-0.05, 0) is 47.9 Å². The molecule has 0 unspecified atom stereocenters. The molecular weight excluding hydrogens is 340 g/mol. The quantitative estimate of drug-likeness (QED) is 0.773. The van der Waals surface area contributed by atoms with Gasteiger partial charge in [0, 0.05) is 18.2 Å². The molecule has 0 saturated heterocycles. The number of anilines is 1. The van der Waals surface area contributed by atoms with Crippen molar-refractivity contribution in [2.24, 2.45) is 0 Å². The minimum atomic E-state index is -0.224. The van der Waals surface area contributed by atoms with Gasteiger partial charge in [0.15, 0.2) is 6.61 Å². The van der Waals surface area contributed by atoms with Gasteiger partial charge in [0.25, 0.3) is 5.91 Å². The molecule has 0 radical (unpaired) electrons. The van der Waals surface area contributed by atoms with Gasteiger partial charge in [0.2, 0.25) is 5.91 Å². The van der Waals surface area contributed by atoms with Crippen molar-refractivity contribution in [2.75, 3.05) is 18.5 Å². The minimum absolute atomic E-state index is 0.0475. The summed E-state index contributed by atoms with van der Waals surface area (Å²) in [6.07, 6.45) is 0. The normalized spacial score (nSPS) is 9.93. The van der Waals surface area contributed by atoms with Gasteiger partial charge < -0.3 is 15.4 Å². The molecule has 0 heterocycles. The number of benzene rings is 2. The zero-order valence-corrected chi connectivity index (χ0v) is 15.8. The van der Waals surface area contributed by atoms with Crippen molar-refractivity contribution in [3.05, 3.63) is 59.7 Å². The molecule has 5 heteroatoms. The van der Waals surface area contributed by atoms with Crippen LogP contribution in [0.1, 0.15) is 37.8 Å². The third kappa shape index (κ3) is 7.25. The SMILES string of the molecule is CC(=O)Nc1ccc(C#CCNC(=O)COc2ccc(C(C)C)cc2)cc1. The molecule has 5 nitrogen and oxygen atoms in total. The maximum Gasteiger partial charge on any atom is 0.258 e. The maximum absolute atomic E-state index is 11.8. The second-order valence-corrected chi connectivity index (χ2v) is 6.35. The second kappa shape index (κ2) is 10.0. The van der Waals surface area contributed by atoms with Gasteiger partial charge >= 0.3 is 0 Å². The average Bonchev–Trinajstić information content (AvgIpc) is 2.64. The maximum atomic E-state index is 11.8.